The molecule has 0 fully saturated rings. The van der Waals surface area contributed by atoms with Crippen molar-refractivity contribution in [3.8, 4) is 0 Å². The van der Waals surface area contributed by atoms with Crippen LogP contribution in [-0.2, 0) is 39.3 Å². The van der Waals surface area contributed by atoms with Crippen molar-refractivity contribution in [3.05, 3.63) is 37.0 Å². The molecule has 1 aromatic rings. The number of aromatic nitrogens is 1. The first-order chi connectivity index (χ1) is 5.43. The molecule has 12 heavy (non-hydrogen) atoms. The van der Waals surface area contributed by atoms with E-state index in [9.17, 15) is 0 Å². The Hall–Kier alpha value is 0.214. The minimum atomic E-state index is 0. The second kappa shape index (κ2) is 7.84. The quantitative estimate of drug-likeness (QED) is 0.633. The number of nitrogens with zero attached hydrogens (tertiary/aromatic N) is 1. The molecule has 0 amide bonds. The number of pyridine rings is 1. The maximum Gasteiger partial charge on any atom is 0.0271 e. The van der Waals surface area contributed by atoms with Gasteiger partial charge in [-0.15, -0.1) is 0 Å². The fraction of sp³-hybridized carbons (Fsp3) is 0.333. The summed E-state index contributed by atoms with van der Waals surface area (Å²) in [5.74, 6) is 0. The summed E-state index contributed by atoms with van der Waals surface area (Å²) in [4.78, 5) is 3.93. The average Bonchev–Trinajstić information content (AvgIpc) is 2.07. The number of hydrogen-bond donors (Lipinski definition) is 1. The Labute approximate surface area is 99.0 Å². The van der Waals surface area contributed by atoms with E-state index in [1.54, 1.807) is 12.4 Å². The Morgan fingerprint density at radius 1 is 1.33 bits per heavy atom. The Bertz CT molecular complexity index is 189. The molecule has 0 spiro atoms. The zero-order valence-electron chi connectivity index (χ0n) is 7.16. The Balaban J connectivity index is 0.00000121. The van der Waals surface area contributed by atoms with Crippen LogP contribution in [0, 0.1) is 6.92 Å². The van der Waals surface area contributed by atoms with Crippen molar-refractivity contribution in [1.29, 1.82) is 0 Å². The third kappa shape index (κ3) is 4.97. The van der Waals surface area contributed by atoms with E-state index in [2.05, 4.69) is 17.2 Å². The van der Waals surface area contributed by atoms with Gasteiger partial charge < -0.3 is 12.2 Å². The molecule has 0 aliphatic carbocycles. The predicted molar refractivity (Wildman–Crippen MR) is 45.9 cm³/mol. The first-order valence-electron chi connectivity index (χ1n) is 3.82. The summed E-state index contributed by atoms with van der Waals surface area (Å²) in [6, 6.07) is 4.02. The molecular weight excluding hydrogens is 225 g/mol. The monoisotopic (exact) mass is 238 g/mol. The zero-order valence-corrected chi connectivity index (χ0v) is 10.0. The first-order valence-corrected chi connectivity index (χ1v) is 3.82. The van der Waals surface area contributed by atoms with Crippen molar-refractivity contribution in [2.24, 2.45) is 0 Å². The van der Waals surface area contributed by atoms with Crippen LogP contribution in [0.15, 0.2) is 24.5 Å². The summed E-state index contributed by atoms with van der Waals surface area (Å²) >= 11 is 0. The van der Waals surface area contributed by atoms with Crippen molar-refractivity contribution in [3.63, 3.8) is 0 Å². The first kappa shape index (κ1) is 12.2. The summed E-state index contributed by atoms with van der Waals surface area (Å²) in [6.07, 6.45) is 4.55. The standard InChI is InChI=1S/C9H13N2.Y/c1-2-5-11-8-9-3-6-10-7-4-9;/h3-4,6-7,11H,1-2,5,8H2;/q-1;. The molecule has 0 bridgehead atoms. The van der Waals surface area contributed by atoms with Gasteiger partial charge in [0.1, 0.15) is 0 Å². The largest absolute Gasteiger partial charge is 0.342 e. The molecule has 1 rings (SSSR count). The smallest absolute Gasteiger partial charge is 0.0271 e. The van der Waals surface area contributed by atoms with Gasteiger partial charge in [-0.3, -0.25) is 4.98 Å². The van der Waals surface area contributed by atoms with Crippen LogP contribution in [0.2, 0.25) is 0 Å². The van der Waals surface area contributed by atoms with Gasteiger partial charge in [0.15, 0.2) is 0 Å². The van der Waals surface area contributed by atoms with Crippen LogP contribution in [0.4, 0.5) is 0 Å². The SMILES string of the molecule is [CH2-]CCNCc1ccncc1.[Y]. The normalized spacial score (nSPS) is 9.08. The van der Waals surface area contributed by atoms with Gasteiger partial charge in [-0.2, -0.15) is 6.42 Å². The zero-order chi connectivity index (χ0) is 7.94. The third-order valence-corrected chi connectivity index (χ3v) is 1.43. The number of nitrogens with one attached hydrogen (secondary N) is 1. The van der Waals surface area contributed by atoms with E-state index in [-0.39, 0.29) is 32.7 Å². The number of rotatable bonds is 4. The molecular formula is C9H13N2Y-. The molecule has 3 heteroatoms. The van der Waals surface area contributed by atoms with E-state index < -0.39 is 0 Å². The molecule has 0 unspecified atom stereocenters. The van der Waals surface area contributed by atoms with Crippen LogP contribution in [0.3, 0.4) is 0 Å². The summed E-state index contributed by atoms with van der Waals surface area (Å²) in [7, 11) is 0. The van der Waals surface area contributed by atoms with E-state index in [0.29, 0.717) is 0 Å². The summed E-state index contributed by atoms with van der Waals surface area (Å²) in [5.41, 5.74) is 1.27. The van der Waals surface area contributed by atoms with Crippen molar-refractivity contribution >= 4 is 0 Å². The van der Waals surface area contributed by atoms with Crippen molar-refractivity contribution < 1.29 is 32.7 Å². The van der Waals surface area contributed by atoms with E-state index in [1.807, 2.05) is 12.1 Å². The van der Waals surface area contributed by atoms with Gasteiger partial charge >= 0.3 is 0 Å². The van der Waals surface area contributed by atoms with Gasteiger partial charge in [0, 0.05) is 51.6 Å². The molecule has 1 N–H and O–H groups in total. The third-order valence-electron chi connectivity index (χ3n) is 1.43. The molecule has 2 nitrogen and oxygen atoms in total. The maximum absolute atomic E-state index is 3.93. The van der Waals surface area contributed by atoms with Crippen molar-refractivity contribution in [1.82, 2.24) is 10.3 Å². The van der Waals surface area contributed by atoms with Gasteiger partial charge in [-0.25, -0.2) is 0 Å². The van der Waals surface area contributed by atoms with Gasteiger partial charge in [0.05, 0.1) is 0 Å². The molecule has 63 valence electrons. The number of hydrogen-bond acceptors (Lipinski definition) is 2. The fourth-order valence-corrected chi connectivity index (χ4v) is 0.858. The van der Waals surface area contributed by atoms with Crippen LogP contribution >= 0.6 is 0 Å². The summed E-state index contributed by atoms with van der Waals surface area (Å²) < 4.78 is 0. The van der Waals surface area contributed by atoms with E-state index in [0.717, 1.165) is 19.5 Å². The minimum absolute atomic E-state index is 0. The molecule has 0 saturated heterocycles. The van der Waals surface area contributed by atoms with Crippen molar-refractivity contribution in [2.75, 3.05) is 6.54 Å². The van der Waals surface area contributed by atoms with E-state index in [1.165, 1.54) is 5.56 Å². The van der Waals surface area contributed by atoms with Crippen LogP contribution in [-0.4, -0.2) is 11.5 Å². The molecule has 1 aromatic heterocycles. The average molecular weight is 238 g/mol. The molecule has 0 saturated carbocycles. The summed E-state index contributed by atoms with van der Waals surface area (Å²) in [6.45, 7) is 5.63. The van der Waals surface area contributed by atoms with Crippen LogP contribution in [0.5, 0.6) is 0 Å². The van der Waals surface area contributed by atoms with E-state index in [4.69, 9.17) is 0 Å². The predicted octanol–water partition coefficient (Wildman–Crippen LogP) is 1.39. The molecule has 0 aliphatic heterocycles. The summed E-state index contributed by atoms with van der Waals surface area (Å²) in [5, 5.41) is 3.26. The molecule has 0 atom stereocenters. The van der Waals surface area contributed by atoms with Gasteiger partial charge in [0.25, 0.3) is 0 Å². The van der Waals surface area contributed by atoms with Gasteiger partial charge in [-0.1, -0.05) is 0 Å². The second-order valence-corrected chi connectivity index (χ2v) is 2.39. The fourth-order valence-electron chi connectivity index (χ4n) is 0.858. The van der Waals surface area contributed by atoms with Gasteiger partial charge in [-0.05, 0) is 24.2 Å². The minimum Gasteiger partial charge on any atom is -0.342 e. The van der Waals surface area contributed by atoms with Crippen molar-refractivity contribution in [2.45, 2.75) is 13.0 Å². The molecule has 1 radical (unpaired) electrons. The topological polar surface area (TPSA) is 24.9 Å². The second-order valence-electron chi connectivity index (χ2n) is 2.39. The Morgan fingerprint density at radius 2 is 2.00 bits per heavy atom. The maximum atomic E-state index is 3.93. The van der Waals surface area contributed by atoms with Gasteiger partial charge in [0.2, 0.25) is 0 Å². The molecule has 0 aromatic carbocycles. The molecule has 1 heterocycles. The Kier molecular flexibility index (Phi) is 7.98. The van der Waals surface area contributed by atoms with Crippen LogP contribution in [0.1, 0.15) is 12.0 Å². The van der Waals surface area contributed by atoms with Crippen LogP contribution < -0.4 is 5.32 Å². The Morgan fingerprint density at radius 3 is 2.58 bits per heavy atom. The van der Waals surface area contributed by atoms with Crippen LogP contribution in [0.25, 0.3) is 0 Å². The van der Waals surface area contributed by atoms with E-state index >= 15 is 0 Å². The molecule has 0 aliphatic rings.